The number of carbonyl (C=O) groups is 1. The number of benzene rings is 1. The predicted octanol–water partition coefficient (Wildman–Crippen LogP) is 0.966. The molecule has 1 aromatic carbocycles. The molecule has 1 aromatic heterocycles. The van der Waals surface area contributed by atoms with Crippen molar-refractivity contribution in [1.29, 1.82) is 0 Å². The van der Waals surface area contributed by atoms with E-state index < -0.39 is 27.2 Å². The second kappa shape index (κ2) is 6.58. The van der Waals surface area contributed by atoms with E-state index in [1.54, 1.807) is 0 Å². The predicted molar refractivity (Wildman–Crippen MR) is 62.9 cm³/mol. The van der Waals surface area contributed by atoms with Crippen molar-refractivity contribution < 1.29 is 36.3 Å². The Kier molecular flexibility index (Phi) is 5.10. The fourth-order valence-electron chi connectivity index (χ4n) is 1.37. The van der Waals surface area contributed by atoms with Gasteiger partial charge in [-0.3, -0.25) is 20.2 Å². The molecule has 0 saturated heterocycles. The van der Waals surface area contributed by atoms with Crippen LogP contribution < -0.4 is 4.84 Å². The molecule has 2 aromatic rings. The minimum atomic E-state index is -0.977. The average molecular weight is 337 g/mol. The number of carbonyl (C=O) groups excluding carboxylic acids is 1. The molecule has 0 saturated carbocycles. The van der Waals surface area contributed by atoms with Gasteiger partial charge in [0.15, 0.2) is 0 Å². The maximum Gasteiger partial charge on any atom is 0.364 e. The van der Waals surface area contributed by atoms with Crippen LogP contribution >= 0.6 is 0 Å². The molecule has 2 rings (SSSR count). The number of hydrogen-bond donors (Lipinski definition) is 0. The number of hydrogen-bond acceptors (Lipinski definition) is 7. The van der Waals surface area contributed by atoms with Crippen LogP contribution in [0, 0.1) is 20.2 Å². The van der Waals surface area contributed by atoms with Gasteiger partial charge in [-0.2, -0.15) is 4.73 Å². The Balaban J connectivity index is 0.00000220. The molecule has 0 unspecified atom stereocenters. The molecule has 1 heterocycles. The van der Waals surface area contributed by atoms with Gasteiger partial charge in [-0.25, -0.2) is 9.78 Å². The number of nitro benzene ring substituents is 2. The summed E-state index contributed by atoms with van der Waals surface area (Å²) in [5, 5.41) is 21.4. The number of non-ortho nitro benzene ring substituents is 2. The molecule has 21 heavy (non-hydrogen) atoms. The summed E-state index contributed by atoms with van der Waals surface area (Å²) in [6, 6.07) is 2.55. The molecule has 111 valence electrons. The Hall–Kier alpha value is -2.79. The normalized spacial score (nSPS) is 9.52. The summed E-state index contributed by atoms with van der Waals surface area (Å²) in [7, 11) is 0. The number of rotatable bonds is 4. The van der Waals surface area contributed by atoms with Gasteiger partial charge >= 0.3 is 5.97 Å². The van der Waals surface area contributed by atoms with Crippen molar-refractivity contribution in [3.63, 3.8) is 0 Å². The number of nitrogens with zero attached hydrogens (tertiary/aromatic N) is 4. The maximum atomic E-state index is 11.7. The van der Waals surface area contributed by atoms with Crippen molar-refractivity contribution in [2.75, 3.05) is 0 Å². The Labute approximate surface area is 126 Å². The van der Waals surface area contributed by atoms with Crippen LogP contribution in [0.2, 0.25) is 0 Å². The number of nitro groups is 2. The zero-order valence-electron chi connectivity index (χ0n) is 10.0. The summed E-state index contributed by atoms with van der Waals surface area (Å²) in [5.74, 6) is -0.977. The second-order valence-corrected chi connectivity index (χ2v) is 3.55. The Morgan fingerprint density at radius 1 is 1.14 bits per heavy atom. The van der Waals surface area contributed by atoms with Gasteiger partial charge in [0.05, 0.1) is 27.7 Å². The van der Waals surface area contributed by atoms with Crippen LogP contribution in [0.5, 0.6) is 0 Å². The molecule has 0 aliphatic carbocycles. The fraction of sp³-hybridized carbons (Fsp3) is 0. The summed E-state index contributed by atoms with van der Waals surface area (Å²) in [4.78, 5) is 39.9. The zero-order chi connectivity index (χ0) is 14.7. The van der Waals surface area contributed by atoms with Gasteiger partial charge in [0.25, 0.3) is 11.4 Å². The minimum Gasteiger partial charge on any atom is -0.330 e. The van der Waals surface area contributed by atoms with Crippen molar-refractivity contribution >= 4 is 17.3 Å². The topological polar surface area (TPSA) is 130 Å². The van der Waals surface area contributed by atoms with Crippen molar-refractivity contribution in [2.45, 2.75) is 0 Å². The SMILES string of the molecule is O=C(On1ccnc1)c1cc([N+](=O)[O-])cc([N+](=O)[O-])c1.[Co]. The number of aromatic nitrogens is 2. The van der Waals surface area contributed by atoms with E-state index in [0.717, 1.165) is 22.9 Å². The second-order valence-electron chi connectivity index (χ2n) is 3.55. The van der Waals surface area contributed by atoms with Crippen LogP contribution in [0.25, 0.3) is 0 Å². The molecule has 0 amide bonds. The van der Waals surface area contributed by atoms with E-state index in [0.29, 0.717) is 0 Å². The van der Waals surface area contributed by atoms with Crippen LogP contribution in [-0.2, 0) is 16.8 Å². The first kappa shape index (κ1) is 16.3. The van der Waals surface area contributed by atoms with Crippen molar-refractivity contribution in [3.8, 4) is 0 Å². The molecular formula is C10H6CoN4O6. The van der Waals surface area contributed by atoms with E-state index in [1.807, 2.05) is 0 Å². The zero-order valence-corrected chi connectivity index (χ0v) is 11.1. The van der Waals surface area contributed by atoms with Crippen LogP contribution in [0.4, 0.5) is 11.4 Å². The van der Waals surface area contributed by atoms with Gasteiger partial charge in [-0.1, -0.05) is 0 Å². The van der Waals surface area contributed by atoms with Crippen molar-refractivity contribution in [1.82, 2.24) is 9.71 Å². The minimum absolute atomic E-state index is 0. The smallest absolute Gasteiger partial charge is 0.330 e. The van der Waals surface area contributed by atoms with Crippen LogP contribution in [0.1, 0.15) is 10.4 Å². The molecule has 0 aliphatic rings. The van der Waals surface area contributed by atoms with Crippen molar-refractivity contribution in [3.05, 3.63) is 62.7 Å². The van der Waals surface area contributed by atoms with Crippen LogP contribution in [0.3, 0.4) is 0 Å². The summed E-state index contributed by atoms with van der Waals surface area (Å²) in [6.45, 7) is 0. The number of imidazole rings is 1. The van der Waals surface area contributed by atoms with E-state index in [-0.39, 0.29) is 22.3 Å². The van der Waals surface area contributed by atoms with Gasteiger partial charge in [0, 0.05) is 35.1 Å². The maximum absolute atomic E-state index is 11.7. The van der Waals surface area contributed by atoms with Gasteiger partial charge in [-0.15, -0.1) is 0 Å². The van der Waals surface area contributed by atoms with Crippen LogP contribution in [0.15, 0.2) is 36.9 Å². The van der Waals surface area contributed by atoms with E-state index in [4.69, 9.17) is 4.84 Å². The van der Waals surface area contributed by atoms with E-state index in [1.165, 1.54) is 18.7 Å². The molecule has 0 spiro atoms. The van der Waals surface area contributed by atoms with Gasteiger partial charge in [0.2, 0.25) is 0 Å². The van der Waals surface area contributed by atoms with Gasteiger partial charge < -0.3 is 4.84 Å². The average Bonchev–Trinajstić information content (AvgIpc) is 2.90. The van der Waals surface area contributed by atoms with Gasteiger partial charge in [0.1, 0.15) is 6.33 Å². The third-order valence-corrected chi connectivity index (χ3v) is 2.23. The van der Waals surface area contributed by atoms with E-state index >= 15 is 0 Å². The molecule has 1 radical (unpaired) electrons. The Morgan fingerprint density at radius 2 is 1.71 bits per heavy atom. The van der Waals surface area contributed by atoms with Crippen LogP contribution in [-0.4, -0.2) is 25.5 Å². The molecule has 0 N–H and O–H groups in total. The van der Waals surface area contributed by atoms with Crippen molar-refractivity contribution in [2.24, 2.45) is 0 Å². The molecule has 0 atom stereocenters. The molecular weight excluding hydrogens is 331 g/mol. The molecule has 11 heteroatoms. The summed E-state index contributed by atoms with van der Waals surface area (Å²) in [5.41, 5.74) is -1.45. The third kappa shape index (κ3) is 3.84. The van der Waals surface area contributed by atoms with Gasteiger partial charge in [-0.05, 0) is 0 Å². The first-order valence-corrected chi connectivity index (χ1v) is 5.12. The first-order chi connectivity index (χ1) is 9.47. The monoisotopic (exact) mass is 337 g/mol. The third-order valence-electron chi connectivity index (χ3n) is 2.23. The largest absolute Gasteiger partial charge is 0.364 e. The van der Waals surface area contributed by atoms with E-state index in [9.17, 15) is 25.0 Å². The first-order valence-electron chi connectivity index (χ1n) is 5.12. The fourth-order valence-corrected chi connectivity index (χ4v) is 1.37. The quantitative estimate of drug-likeness (QED) is 0.600. The molecule has 0 fully saturated rings. The molecule has 0 aliphatic heterocycles. The summed E-state index contributed by atoms with van der Waals surface area (Å²) in [6.07, 6.45) is 3.86. The molecule has 10 nitrogen and oxygen atoms in total. The Bertz CT molecular complexity index is 655. The van der Waals surface area contributed by atoms with E-state index in [2.05, 4.69) is 4.98 Å². The molecule has 0 bridgehead atoms. The Morgan fingerprint density at radius 3 is 2.14 bits per heavy atom. The summed E-state index contributed by atoms with van der Waals surface area (Å²) < 4.78 is 0.965. The summed E-state index contributed by atoms with van der Waals surface area (Å²) >= 11 is 0. The standard InChI is InChI=1S/C10H6N4O6.Co/c15-10(20-12-2-1-11-6-12)7-3-8(13(16)17)5-9(4-7)14(18)19;/h1-6H;.